The van der Waals surface area contributed by atoms with Crippen LogP contribution < -0.4 is 0 Å². The summed E-state index contributed by atoms with van der Waals surface area (Å²) in [7, 11) is 0. The fourth-order valence-electron chi connectivity index (χ4n) is 4.21. The van der Waals surface area contributed by atoms with E-state index in [9.17, 15) is 0 Å². The number of hydrogen-bond acceptors (Lipinski definition) is 1. The molecule has 1 aliphatic carbocycles. The number of hydrogen-bond donors (Lipinski definition) is 0. The highest BCUT2D eigenvalue weighted by atomic mass is 79.9. The van der Waals surface area contributed by atoms with Crippen molar-refractivity contribution in [3.05, 3.63) is 58.6 Å². The zero-order chi connectivity index (χ0) is 15.4. The smallest absolute Gasteiger partial charge is 0.143 e. The Morgan fingerprint density at radius 2 is 1.65 bits per heavy atom. The Labute approximate surface area is 143 Å². The van der Waals surface area contributed by atoms with Crippen LogP contribution in [0.5, 0.6) is 0 Å². The quantitative estimate of drug-likeness (QED) is 0.349. The molecule has 1 aliphatic rings. The summed E-state index contributed by atoms with van der Waals surface area (Å²) in [6.45, 7) is 0. The summed E-state index contributed by atoms with van der Waals surface area (Å²) in [5.41, 5.74) is 3.51. The van der Waals surface area contributed by atoms with E-state index in [4.69, 9.17) is 4.42 Å². The molecule has 0 radical (unpaired) electrons. The third-order valence-corrected chi connectivity index (χ3v) is 5.94. The van der Waals surface area contributed by atoms with Crippen LogP contribution in [0.3, 0.4) is 0 Å². The molecule has 1 heterocycles. The van der Waals surface area contributed by atoms with Crippen molar-refractivity contribution in [1.82, 2.24) is 0 Å². The van der Waals surface area contributed by atoms with Crippen molar-refractivity contribution in [2.24, 2.45) is 0 Å². The molecule has 2 heteroatoms. The zero-order valence-corrected chi connectivity index (χ0v) is 14.4. The number of fused-ring (bicyclic) bond motifs is 5. The number of halogens is 1. The van der Waals surface area contributed by atoms with Crippen molar-refractivity contribution in [2.75, 3.05) is 0 Å². The summed E-state index contributed by atoms with van der Waals surface area (Å²) in [6, 6.07) is 17.2. The highest BCUT2D eigenvalue weighted by Gasteiger charge is 2.22. The molecule has 0 unspecified atom stereocenters. The first-order valence-corrected chi connectivity index (χ1v) is 9.14. The fourth-order valence-corrected chi connectivity index (χ4v) is 4.78. The Bertz CT molecular complexity index is 1040. The minimum absolute atomic E-state index is 0.685. The molecular formula is C21H17BrO. The van der Waals surface area contributed by atoms with E-state index in [1.54, 1.807) is 0 Å². The lowest BCUT2D eigenvalue weighted by Crippen LogP contribution is -1.92. The van der Waals surface area contributed by atoms with E-state index in [0.717, 1.165) is 15.6 Å². The summed E-state index contributed by atoms with van der Waals surface area (Å²) in [6.07, 6.45) is 5.31. The average molecular weight is 365 g/mol. The molecule has 0 aliphatic heterocycles. The summed E-state index contributed by atoms with van der Waals surface area (Å²) in [4.78, 5) is 0. The maximum absolute atomic E-state index is 6.30. The molecule has 0 spiro atoms. The highest BCUT2D eigenvalue weighted by molar-refractivity contribution is 9.10. The molecule has 0 atom stereocenters. The van der Waals surface area contributed by atoms with Crippen molar-refractivity contribution in [3.63, 3.8) is 0 Å². The van der Waals surface area contributed by atoms with Crippen LogP contribution in [0.15, 0.2) is 57.4 Å². The van der Waals surface area contributed by atoms with Gasteiger partial charge in [-0.1, -0.05) is 65.2 Å². The second-order valence-electron chi connectivity index (χ2n) is 6.58. The topological polar surface area (TPSA) is 13.1 Å². The van der Waals surface area contributed by atoms with E-state index in [0.29, 0.717) is 5.92 Å². The van der Waals surface area contributed by atoms with E-state index in [1.807, 2.05) is 0 Å². The van der Waals surface area contributed by atoms with Crippen molar-refractivity contribution in [3.8, 4) is 0 Å². The molecule has 1 fully saturated rings. The molecule has 1 saturated carbocycles. The Balaban J connectivity index is 1.94. The van der Waals surface area contributed by atoms with Crippen LogP contribution in [-0.2, 0) is 0 Å². The molecule has 1 aromatic heterocycles. The number of furan rings is 1. The Hall–Kier alpha value is -1.80. The van der Waals surface area contributed by atoms with Crippen LogP contribution in [0.1, 0.15) is 37.2 Å². The minimum atomic E-state index is 0.685. The molecule has 0 saturated heterocycles. The molecular weight excluding hydrogens is 348 g/mol. The standard InChI is InChI=1S/C21H17BrO/c22-18-12-17-20-14(13-6-1-2-7-13)10-5-11-19(20)23-21(17)16-9-4-3-8-15(16)18/h3-5,8-13H,1-2,6-7H2. The van der Waals surface area contributed by atoms with Gasteiger partial charge in [-0.25, -0.2) is 0 Å². The molecule has 114 valence electrons. The number of benzene rings is 3. The zero-order valence-electron chi connectivity index (χ0n) is 12.8. The first kappa shape index (κ1) is 13.6. The highest BCUT2D eigenvalue weighted by Crippen LogP contribution is 2.43. The number of rotatable bonds is 1. The van der Waals surface area contributed by atoms with Crippen LogP contribution in [0.25, 0.3) is 32.7 Å². The monoisotopic (exact) mass is 364 g/mol. The van der Waals surface area contributed by atoms with Crippen molar-refractivity contribution < 1.29 is 4.42 Å². The molecule has 0 bridgehead atoms. The van der Waals surface area contributed by atoms with Gasteiger partial charge in [-0.15, -0.1) is 0 Å². The van der Waals surface area contributed by atoms with Crippen LogP contribution in [0, 0.1) is 0 Å². The van der Waals surface area contributed by atoms with Crippen LogP contribution in [-0.4, -0.2) is 0 Å². The maximum atomic E-state index is 6.30. The molecule has 0 amide bonds. The van der Waals surface area contributed by atoms with Gasteiger partial charge >= 0.3 is 0 Å². The van der Waals surface area contributed by atoms with Gasteiger partial charge in [0.2, 0.25) is 0 Å². The van der Waals surface area contributed by atoms with Gasteiger partial charge in [0.15, 0.2) is 0 Å². The maximum Gasteiger partial charge on any atom is 0.143 e. The van der Waals surface area contributed by atoms with Gasteiger partial charge in [-0.3, -0.25) is 0 Å². The van der Waals surface area contributed by atoms with Gasteiger partial charge in [-0.05, 0) is 41.8 Å². The van der Waals surface area contributed by atoms with Gasteiger partial charge in [0, 0.05) is 20.6 Å². The van der Waals surface area contributed by atoms with E-state index >= 15 is 0 Å². The lowest BCUT2D eigenvalue weighted by Gasteiger charge is -2.11. The van der Waals surface area contributed by atoms with Gasteiger partial charge in [-0.2, -0.15) is 0 Å². The summed E-state index contributed by atoms with van der Waals surface area (Å²) in [5, 5.41) is 4.96. The second-order valence-corrected chi connectivity index (χ2v) is 7.44. The van der Waals surface area contributed by atoms with Gasteiger partial charge in [0.25, 0.3) is 0 Å². The third kappa shape index (κ3) is 1.98. The van der Waals surface area contributed by atoms with Crippen molar-refractivity contribution in [2.45, 2.75) is 31.6 Å². The molecule has 5 rings (SSSR count). The van der Waals surface area contributed by atoms with Crippen molar-refractivity contribution in [1.29, 1.82) is 0 Å². The molecule has 0 N–H and O–H groups in total. The lowest BCUT2D eigenvalue weighted by molar-refractivity contribution is 0.670. The largest absolute Gasteiger partial charge is 0.455 e. The Morgan fingerprint density at radius 3 is 2.48 bits per heavy atom. The summed E-state index contributed by atoms with van der Waals surface area (Å²) < 4.78 is 7.44. The first-order valence-electron chi connectivity index (χ1n) is 8.35. The molecule has 4 aromatic rings. The predicted octanol–water partition coefficient (Wildman–Crippen LogP) is 7.16. The van der Waals surface area contributed by atoms with Gasteiger partial charge < -0.3 is 4.42 Å². The van der Waals surface area contributed by atoms with Gasteiger partial charge in [0.1, 0.15) is 11.2 Å². The Morgan fingerprint density at radius 1 is 0.870 bits per heavy atom. The summed E-state index contributed by atoms with van der Waals surface area (Å²) in [5.74, 6) is 0.685. The van der Waals surface area contributed by atoms with Crippen LogP contribution in [0.2, 0.25) is 0 Å². The van der Waals surface area contributed by atoms with E-state index in [-0.39, 0.29) is 0 Å². The van der Waals surface area contributed by atoms with Crippen molar-refractivity contribution >= 4 is 48.6 Å². The average Bonchev–Trinajstić information content (AvgIpc) is 3.23. The molecule has 1 nitrogen and oxygen atoms in total. The third-order valence-electron chi connectivity index (χ3n) is 5.28. The summed E-state index contributed by atoms with van der Waals surface area (Å²) >= 11 is 3.75. The fraction of sp³-hybridized carbons (Fsp3) is 0.238. The van der Waals surface area contributed by atoms with Crippen LogP contribution in [0.4, 0.5) is 0 Å². The van der Waals surface area contributed by atoms with Gasteiger partial charge in [0.05, 0.1) is 0 Å². The van der Waals surface area contributed by atoms with Crippen LogP contribution >= 0.6 is 15.9 Å². The van der Waals surface area contributed by atoms with E-state index < -0.39 is 0 Å². The predicted molar refractivity (Wildman–Crippen MR) is 100 cm³/mol. The lowest BCUT2D eigenvalue weighted by atomic mass is 9.92. The second kappa shape index (κ2) is 5.10. The normalized spacial score (nSPS) is 16.0. The molecule has 23 heavy (non-hydrogen) atoms. The first-order chi connectivity index (χ1) is 11.3. The van der Waals surface area contributed by atoms with E-state index in [1.165, 1.54) is 52.8 Å². The minimum Gasteiger partial charge on any atom is -0.455 e. The van der Waals surface area contributed by atoms with E-state index in [2.05, 4.69) is 64.5 Å². The SMILES string of the molecule is Brc1cc2c(oc3cccc(C4CCCC4)c32)c2ccccc12. The Kier molecular flexibility index (Phi) is 3.02. The molecule has 3 aromatic carbocycles.